The summed E-state index contributed by atoms with van der Waals surface area (Å²) in [6.07, 6.45) is 1.60. The van der Waals surface area contributed by atoms with Crippen molar-refractivity contribution in [2.75, 3.05) is 6.61 Å². The lowest BCUT2D eigenvalue weighted by molar-refractivity contribution is 0.0902. The number of ketones is 1. The second-order valence-corrected chi connectivity index (χ2v) is 3.26. The number of Topliss-reactive ketones (excluding diaryl/α,β-unsaturated/α-hetero) is 1. The van der Waals surface area contributed by atoms with E-state index in [1.807, 2.05) is 0 Å². The molecule has 82 valence electrons. The van der Waals surface area contributed by atoms with Crippen molar-refractivity contribution in [1.82, 2.24) is 10.1 Å². The summed E-state index contributed by atoms with van der Waals surface area (Å²) in [6, 6.07) is 5.29. The SMILES string of the molecule is Cc1onc(-c2ccccn2)c1C(=O)CO. The molecule has 0 aliphatic heterocycles. The standard InChI is InChI=1S/C11H10N2O3/c1-7-10(9(15)6-14)11(13-16-7)8-4-2-3-5-12-8/h2-5,14H,6H2,1H3. The minimum Gasteiger partial charge on any atom is -0.388 e. The van der Waals surface area contributed by atoms with Crippen LogP contribution in [0.2, 0.25) is 0 Å². The summed E-state index contributed by atoms with van der Waals surface area (Å²) in [7, 11) is 0. The summed E-state index contributed by atoms with van der Waals surface area (Å²) in [4.78, 5) is 15.6. The monoisotopic (exact) mass is 218 g/mol. The summed E-state index contributed by atoms with van der Waals surface area (Å²) in [6.45, 7) is 1.06. The van der Waals surface area contributed by atoms with Crippen molar-refractivity contribution in [3.8, 4) is 11.4 Å². The van der Waals surface area contributed by atoms with Gasteiger partial charge in [-0.05, 0) is 19.1 Å². The molecule has 1 N–H and O–H groups in total. The molecule has 2 aromatic rings. The Bertz CT molecular complexity index is 505. The number of hydrogen-bond acceptors (Lipinski definition) is 5. The molecule has 0 bridgehead atoms. The maximum Gasteiger partial charge on any atom is 0.194 e. The van der Waals surface area contributed by atoms with Crippen LogP contribution in [-0.4, -0.2) is 27.6 Å². The van der Waals surface area contributed by atoms with Gasteiger partial charge in [0.15, 0.2) is 5.78 Å². The third-order valence-electron chi connectivity index (χ3n) is 2.19. The van der Waals surface area contributed by atoms with Crippen LogP contribution in [0.25, 0.3) is 11.4 Å². The second kappa shape index (κ2) is 4.24. The van der Waals surface area contributed by atoms with E-state index in [0.717, 1.165) is 0 Å². The number of pyridine rings is 1. The molecular formula is C11H10N2O3. The number of aliphatic hydroxyl groups excluding tert-OH is 1. The molecule has 0 saturated carbocycles. The lowest BCUT2D eigenvalue weighted by Gasteiger charge is -1.98. The van der Waals surface area contributed by atoms with Crippen molar-refractivity contribution in [2.24, 2.45) is 0 Å². The van der Waals surface area contributed by atoms with Crippen LogP contribution in [0.1, 0.15) is 16.1 Å². The number of rotatable bonds is 3. The average Bonchev–Trinajstić information content (AvgIpc) is 2.71. The van der Waals surface area contributed by atoms with Crippen LogP contribution in [0.4, 0.5) is 0 Å². The summed E-state index contributed by atoms with van der Waals surface area (Å²) in [5.41, 5.74) is 1.22. The van der Waals surface area contributed by atoms with Gasteiger partial charge in [0.25, 0.3) is 0 Å². The van der Waals surface area contributed by atoms with Crippen LogP contribution in [0.15, 0.2) is 28.9 Å². The van der Waals surface area contributed by atoms with Gasteiger partial charge in [-0.2, -0.15) is 0 Å². The van der Waals surface area contributed by atoms with Gasteiger partial charge in [-0.1, -0.05) is 11.2 Å². The van der Waals surface area contributed by atoms with E-state index in [0.29, 0.717) is 22.7 Å². The zero-order chi connectivity index (χ0) is 11.5. The van der Waals surface area contributed by atoms with Gasteiger partial charge < -0.3 is 9.63 Å². The van der Waals surface area contributed by atoms with Gasteiger partial charge in [0.2, 0.25) is 0 Å². The molecule has 2 rings (SSSR count). The Hall–Kier alpha value is -2.01. The van der Waals surface area contributed by atoms with Crippen molar-refractivity contribution >= 4 is 5.78 Å². The molecular weight excluding hydrogens is 208 g/mol. The maximum atomic E-state index is 11.5. The summed E-state index contributed by atoms with van der Waals surface area (Å²) < 4.78 is 4.95. The summed E-state index contributed by atoms with van der Waals surface area (Å²) in [5.74, 6) is -0.0286. The number of hydrogen-bond donors (Lipinski definition) is 1. The van der Waals surface area contributed by atoms with Gasteiger partial charge in [-0.25, -0.2) is 0 Å². The first-order valence-electron chi connectivity index (χ1n) is 4.75. The summed E-state index contributed by atoms with van der Waals surface area (Å²) in [5, 5.41) is 12.6. The van der Waals surface area contributed by atoms with Gasteiger partial charge in [0.1, 0.15) is 18.1 Å². The van der Waals surface area contributed by atoms with Gasteiger partial charge in [0, 0.05) is 6.20 Å². The van der Waals surface area contributed by atoms with E-state index < -0.39 is 12.4 Å². The lowest BCUT2D eigenvalue weighted by Crippen LogP contribution is -2.06. The zero-order valence-electron chi connectivity index (χ0n) is 8.67. The van der Waals surface area contributed by atoms with Crippen LogP contribution in [0, 0.1) is 6.92 Å². The number of aryl methyl sites for hydroxylation is 1. The normalized spacial score (nSPS) is 10.4. The predicted molar refractivity (Wildman–Crippen MR) is 55.9 cm³/mol. The highest BCUT2D eigenvalue weighted by Gasteiger charge is 2.21. The van der Waals surface area contributed by atoms with Crippen molar-refractivity contribution in [3.63, 3.8) is 0 Å². The van der Waals surface area contributed by atoms with Crippen molar-refractivity contribution < 1.29 is 14.4 Å². The van der Waals surface area contributed by atoms with Crippen LogP contribution in [0.5, 0.6) is 0 Å². The van der Waals surface area contributed by atoms with E-state index >= 15 is 0 Å². The minimum atomic E-state index is -0.568. The van der Waals surface area contributed by atoms with Gasteiger partial charge in [-0.15, -0.1) is 0 Å². The zero-order valence-corrected chi connectivity index (χ0v) is 8.67. The second-order valence-electron chi connectivity index (χ2n) is 3.26. The predicted octanol–water partition coefficient (Wildman–Crippen LogP) is 1.22. The van der Waals surface area contributed by atoms with Gasteiger partial charge >= 0.3 is 0 Å². The van der Waals surface area contributed by atoms with E-state index in [-0.39, 0.29) is 0 Å². The first-order valence-corrected chi connectivity index (χ1v) is 4.75. The highest BCUT2D eigenvalue weighted by molar-refractivity contribution is 6.02. The van der Waals surface area contributed by atoms with Gasteiger partial charge in [0.05, 0.1) is 11.3 Å². The number of carbonyl (C=O) groups is 1. The molecule has 5 heteroatoms. The van der Waals surface area contributed by atoms with E-state index in [2.05, 4.69) is 10.1 Å². The fourth-order valence-electron chi connectivity index (χ4n) is 1.46. The molecule has 0 radical (unpaired) electrons. The minimum absolute atomic E-state index is 0.293. The van der Waals surface area contributed by atoms with Crippen LogP contribution >= 0.6 is 0 Å². The van der Waals surface area contributed by atoms with E-state index in [9.17, 15) is 4.79 Å². The van der Waals surface area contributed by atoms with Crippen molar-refractivity contribution in [2.45, 2.75) is 6.92 Å². The Morgan fingerprint density at radius 1 is 1.50 bits per heavy atom. The molecule has 0 saturated heterocycles. The smallest absolute Gasteiger partial charge is 0.194 e. The number of aromatic nitrogens is 2. The van der Waals surface area contributed by atoms with Crippen LogP contribution in [0.3, 0.4) is 0 Å². The highest BCUT2D eigenvalue weighted by Crippen LogP contribution is 2.23. The molecule has 0 aromatic carbocycles. The lowest BCUT2D eigenvalue weighted by atomic mass is 10.1. The van der Waals surface area contributed by atoms with Crippen molar-refractivity contribution in [3.05, 3.63) is 35.7 Å². The summed E-state index contributed by atoms with van der Waals surface area (Å²) >= 11 is 0. The van der Waals surface area contributed by atoms with Crippen LogP contribution < -0.4 is 0 Å². The largest absolute Gasteiger partial charge is 0.388 e. The first-order chi connectivity index (χ1) is 7.74. The van der Waals surface area contributed by atoms with Crippen LogP contribution in [-0.2, 0) is 0 Å². The molecule has 0 fully saturated rings. The number of carbonyl (C=O) groups excluding carboxylic acids is 1. The molecule has 0 amide bonds. The van der Waals surface area contributed by atoms with Crippen molar-refractivity contribution in [1.29, 1.82) is 0 Å². The molecule has 2 heterocycles. The molecule has 16 heavy (non-hydrogen) atoms. The van der Waals surface area contributed by atoms with Gasteiger partial charge in [-0.3, -0.25) is 9.78 Å². The molecule has 0 spiro atoms. The highest BCUT2D eigenvalue weighted by atomic mass is 16.5. The average molecular weight is 218 g/mol. The van der Waals surface area contributed by atoms with E-state index in [1.54, 1.807) is 31.3 Å². The molecule has 2 aromatic heterocycles. The molecule has 5 nitrogen and oxygen atoms in total. The number of aliphatic hydroxyl groups is 1. The number of nitrogens with zero attached hydrogens (tertiary/aromatic N) is 2. The molecule has 0 aliphatic rings. The topological polar surface area (TPSA) is 76.2 Å². The molecule has 0 atom stereocenters. The van der Waals surface area contributed by atoms with E-state index in [1.165, 1.54) is 0 Å². The Labute approximate surface area is 91.7 Å². The first kappa shape index (κ1) is 10.5. The Morgan fingerprint density at radius 2 is 2.31 bits per heavy atom. The Balaban J connectivity index is 2.55. The fraction of sp³-hybridized carbons (Fsp3) is 0.182. The van der Waals surface area contributed by atoms with E-state index in [4.69, 9.17) is 9.63 Å². The molecule has 0 unspecified atom stereocenters. The third-order valence-corrected chi connectivity index (χ3v) is 2.19. The Kier molecular flexibility index (Phi) is 2.78. The quantitative estimate of drug-likeness (QED) is 0.784. The molecule has 0 aliphatic carbocycles. The fourth-order valence-corrected chi connectivity index (χ4v) is 1.46. The maximum absolute atomic E-state index is 11.5. The Morgan fingerprint density at radius 3 is 2.94 bits per heavy atom. The third kappa shape index (κ3) is 1.72.